The normalized spacial score (nSPS) is 12.5. The molecule has 1 atom stereocenters. The van der Waals surface area contributed by atoms with Crippen molar-refractivity contribution < 1.29 is 73.9 Å². The molecule has 7 heteroatoms. The molecule has 70 valence electrons. The Bertz CT molecular complexity index is 294. The molecule has 0 aliphatic heterocycles. The summed E-state index contributed by atoms with van der Waals surface area (Å²) in [5.41, 5.74) is -1.62. The van der Waals surface area contributed by atoms with Crippen molar-refractivity contribution >= 4 is 16.1 Å². The quantitative estimate of drug-likeness (QED) is 0.224. The molecule has 13 heavy (non-hydrogen) atoms. The van der Waals surface area contributed by atoms with Crippen molar-refractivity contribution in [2.45, 2.75) is 19.3 Å². The van der Waals surface area contributed by atoms with Crippen molar-refractivity contribution in [1.29, 1.82) is 0 Å². The summed E-state index contributed by atoms with van der Waals surface area (Å²) in [6.45, 7) is 5.56. The van der Waals surface area contributed by atoms with Crippen LogP contribution >= 0.6 is 0 Å². The van der Waals surface area contributed by atoms with Gasteiger partial charge in [0.15, 0.2) is 5.44 Å². The molecule has 0 bridgehead atoms. The maximum atomic E-state index is 10.7. The van der Waals surface area contributed by atoms with E-state index in [1.54, 1.807) is 0 Å². The molecule has 0 aromatic rings. The molecule has 0 aromatic carbocycles. The Morgan fingerprint density at radius 2 is 1.92 bits per heavy atom. The zero-order valence-corrected chi connectivity index (χ0v) is 11.7. The van der Waals surface area contributed by atoms with Gasteiger partial charge in [0.05, 0.1) is 0 Å². The first kappa shape index (κ1) is 16.2. The summed E-state index contributed by atoms with van der Waals surface area (Å²) in [5.74, 6) is -0.887. The predicted molar refractivity (Wildman–Crippen MR) is 40.1 cm³/mol. The number of ether oxygens (including phenoxy) is 1. The fourth-order valence-corrected chi connectivity index (χ4v) is 0.516. The van der Waals surface area contributed by atoms with Gasteiger partial charge in [0, 0.05) is 5.57 Å². The third-order valence-electron chi connectivity index (χ3n) is 1.03. The Kier molecular flexibility index (Phi) is 7.82. The monoisotopic (exact) mass is 232 g/mol. The Morgan fingerprint density at radius 1 is 1.54 bits per heavy atom. The van der Waals surface area contributed by atoms with Crippen LogP contribution in [0.2, 0.25) is 0 Å². The average molecular weight is 232 g/mol. The minimum atomic E-state index is -4.57. The summed E-state index contributed by atoms with van der Waals surface area (Å²) < 4.78 is 34.9. The molecule has 0 radical (unpaired) electrons. The minimum absolute atomic E-state index is 0. The van der Waals surface area contributed by atoms with Crippen molar-refractivity contribution in [3.8, 4) is 0 Å². The second kappa shape index (κ2) is 6.28. The third-order valence-corrected chi connectivity index (χ3v) is 1.94. The number of hydrogen-bond acceptors (Lipinski definition) is 5. The Morgan fingerprint density at radius 3 is 2.15 bits per heavy atom. The zero-order valence-electron chi connectivity index (χ0n) is 7.73. The van der Waals surface area contributed by atoms with Crippen LogP contribution in [0, 0.1) is 0 Å². The van der Waals surface area contributed by atoms with Crippen molar-refractivity contribution in [2.24, 2.45) is 0 Å². The van der Waals surface area contributed by atoms with E-state index in [1.165, 1.54) is 6.92 Å². The van der Waals surface area contributed by atoms with Gasteiger partial charge in [0.1, 0.15) is 10.1 Å². The van der Waals surface area contributed by atoms with Gasteiger partial charge in [-0.15, -0.1) is 0 Å². The molecule has 0 saturated carbocycles. The first-order valence-corrected chi connectivity index (χ1v) is 4.53. The van der Waals surface area contributed by atoms with Crippen LogP contribution in [0.3, 0.4) is 0 Å². The SMILES string of the molecule is C=C(C)C(=O)OC(C)S(=O)(=O)[O-].[K+]. The van der Waals surface area contributed by atoms with Crippen molar-refractivity contribution in [2.75, 3.05) is 0 Å². The van der Waals surface area contributed by atoms with Crippen molar-refractivity contribution in [3.63, 3.8) is 0 Å². The standard InChI is InChI=1S/C6H10O5S.K/c1-4(2)6(7)11-5(3)12(8,9)10;/h5H,1H2,2-3H3,(H,8,9,10);/q;+1/p-1. The van der Waals surface area contributed by atoms with Crippen molar-refractivity contribution in [1.82, 2.24) is 0 Å². The summed E-state index contributed by atoms with van der Waals surface area (Å²) in [6, 6.07) is 0. The number of hydrogen-bond donors (Lipinski definition) is 0. The number of esters is 1. The van der Waals surface area contributed by atoms with Crippen LogP contribution in [-0.2, 0) is 19.6 Å². The molecule has 0 aliphatic rings. The van der Waals surface area contributed by atoms with Crippen LogP contribution in [0.25, 0.3) is 0 Å². The van der Waals surface area contributed by atoms with Crippen LogP contribution in [0.5, 0.6) is 0 Å². The molecule has 0 fully saturated rings. The number of carbonyl (C=O) groups is 1. The smallest absolute Gasteiger partial charge is 0.745 e. The molecule has 0 heterocycles. The molecule has 0 amide bonds. The number of carbonyl (C=O) groups excluding carboxylic acids is 1. The summed E-state index contributed by atoms with van der Waals surface area (Å²) in [5, 5.41) is 0. The van der Waals surface area contributed by atoms with Crippen LogP contribution in [0.15, 0.2) is 12.2 Å². The van der Waals surface area contributed by atoms with E-state index in [4.69, 9.17) is 0 Å². The molecule has 0 N–H and O–H groups in total. The van der Waals surface area contributed by atoms with Crippen LogP contribution in [-0.4, -0.2) is 24.4 Å². The topological polar surface area (TPSA) is 83.5 Å². The largest absolute Gasteiger partial charge is 1.00 e. The first-order valence-electron chi connectivity index (χ1n) is 3.06. The van der Waals surface area contributed by atoms with Gasteiger partial charge < -0.3 is 9.29 Å². The van der Waals surface area contributed by atoms with E-state index in [2.05, 4.69) is 11.3 Å². The zero-order chi connectivity index (χ0) is 9.94. The van der Waals surface area contributed by atoms with Gasteiger partial charge in [-0.1, -0.05) is 6.58 Å². The molecule has 0 spiro atoms. The van der Waals surface area contributed by atoms with E-state index in [0.29, 0.717) is 0 Å². The van der Waals surface area contributed by atoms with E-state index >= 15 is 0 Å². The first-order chi connectivity index (χ1) is 5.25. The third kappa shape index (κ3) is 6.78. The average Bonchev–Trinajstić information content (AvgIpc) is 1.85. The summed E-state index contributed by atoms with van der Waals surface area (Å²) in [7, 11) is -4.57. The number of rotatable bonds is 3. The molecular formula is C6H9KO5S. The van der Waals surface area contributed by atoms with Crippen molar-refractivity contribution in [3.05, 3.63) is 12.2 Å². The maximum absolute atomic E-state index is 10.7. The minimum Gasteiger partial charge on any atom is -0.745 e. The van der Waals surface area contributed by atoms with E-state index < -0.39 is 21.5 Å². The van der Waals surface area contributed by atoms with Gasteiger partial charge >= 0.3 is 57.4 Å². The molecule has 0 rings (SSSR count). The Hall–Kier alpha value is 0.756. The second-order valence-corrected chi connectivity index (χ2v) is 3.90. The van der Waals surface area contributed by atoms with Gasteiger partial charge in [-0.3, -0.25) is 0 Å². The van der Waals surface area contributed by atoms with Gasteiger partial charge in [0.2, 0.25) is 0 Å². The molecular weight excluding hydrogens is 223 g/mol. The second-order valence-electron chi connectivity index (χ2n) is 2.25. The van der Waals surface area contributed by atoms with Crippen LogP contribution < -0.4 is 51.4 Å². The summed E-state index contributed by atoms with van der Waals surface area (Å²) in [6.07, 6.45) is 0. The molecule has 0 aliphatic carbocycles. The fraction of sp³-hybridized carbons (Fsp3) is 0.500. The Balaban J connectivity index is 0. The predicted octanol–water partition coefficient (Wildman–Crippen LogP) is -3.00. The van der Waals surface area contributed by atoms with Gasteiger partial charge in [-0.25, -0.2) is 13.2 Å². The summed E-state index contributed by atoms with van der Waals surface area (Å²) >= 11 is 0. The summed E-state index contributed by atoms with van der Waals surface area (Å²) in [4.78, 5) is 10.7. The van der Waals surface area contributed by atoms with E-state index in [-0.39, 0.29) is 57.0 Å². The van der Waals surface area contributed by atoms with E-state index in [9.17, 15) is 17.8 Å². The van der Waals surface area contributed by atoms with Gasteiger partial charge in [-0.2, -0.15) is 0 Å². The van der Waals surface area contributed by atoms with Gasteiger partial charge in [-0.05, 0) is 13.8 Å². The van der Waals surface area contributed by atoms with Gasteiger partial charge in [0.25, 0.3) is 0 Å². The van der Waals surface area contributed by atoms with Crippen LogP contribution in [0.1, 0.15) is 13.8 Å². The maximum Gasteiger partial charge on any atom is 1.00 e. The fourth-order valence-electron chi connectivity index (χ4n) is 0.310. The molecule has 0 aromatic heterocycles. The molecule has 5 nitrogen and oxygen atoms in total. The van der Waals surface area contributed by atoms with Crippen LogP contribution in [0.4, 0.5) is 0 Å². The molecule has 0 saturated heterocycles. The van der Waals surface area contributed by atoms with E-state index in [0.717, 1.165) is 6.92 Å². The Labute approximate surface area is 120 Å². The molecule has 1 unspecified atom stereocenters. The van der Waals surface area contributed by atoms with E-state index in [1.807, 2.05) is 0 Å².